The summed E-state index contributed by atoms with van der Waals surface area (Å²) < 4.78 is 19.6. The molecule has 4 nitrogen and oxygen atoms in total. The smallest absolute Gasteiger partial charge is 0.203 e. The van der Waals surface area contributed by atoms with E-state index >= 15 is 0 Å². The van der Waals surface area contributed by atoms with Gasteiger partial charge >= 0.3 is 0 Å². The van der Waals surface area contributed by atoms with Gasteiger partial charge in [0.2, 0.25) is 5.13 Å². The maximum atomic E-state index is 13.9. The van der Waals surface area contributed by atoms with E-state index in [1.807, 2.05) is 60.0 Å². The van der Waals surface area contributed by atoms with Crippen molar-refractivity contribution in [3.8, 4) is 17.0 Å². The summed E-state index contributed by atoms with van der Waals surface area (Å²) in [7, 11) is 0. The summed E-state index contributed by atoms with van der Waals surface area (Å²) in [6.45, 7) is 0.114. The number of ether oxygens (including phenoxy) is 1. The summed E-state index contributed by atoms with van der Waals surface area (Å²) in [4.78, 5) is 4.53. The van der Waals surface area contributed by atoms with Gasteiger partial charge in [0.05, 0.1) is 11.9 Å². The molecule has 150 valence electrons. The first-order valence-electron chi connectivity index (χ1n) is 9.14. The number of halogens is 2. The largest absolute Gasteiger partial charge is 0.489 e. The molecular weight excluding hydrogens is 421 g/mol. The van der Waals surface area contributed by atoms with Crippen molar-refractivity contribution in [2.45, 2.75) is 6.61 Å². The van der Waals surface area contributed by atoms with Crippen LogP contribution in [0.1, 0.15) is 11.1 Å². The summed E-state index contributed by atoms with van der Waals surface area (Å²) in [5.74, 6) is 0.233. The minimum atomic E-state index is -0.386. The van der Waals surface area contributed by atoms with Crippen LogP contribution >= 0.6 is 22.9 Å². The molecule has 1 aromatic heterocycles. The van der Waals surface area contributed by atoms with Crippen LogP contribution in [0.4, 0.5) is 9.52 Å². The first-order valence-corrected chi connectivity index (χ1v) is 10.4. The molecule has 4 rings (SSSR count). The fraction of sp³-hybridized carbons (Fsp3) is 0.0435. The number of hydrogen-bond donors (Lipinski definition) is 1. The van der Waals surface area contributed by atoms with E-state index in [2.05, 4.69) is 15.5 Å². The summed E-state index contributed by atoms with van der Waals surface area (Å²) >= 11 is 7.26. The molecule has 7 heteroatoms. The maximum absolute atomic E-state index is 13.9. The molecule has 30 heavy (non-hydrogen) atoms. The Labute approximate surface area is 182 Å². The number of rotatable bonds is 7. The molecule has 0 atom stereocenters. The van der Waals surface area contributed by atoms with Crippen LogP contribution < -0.4 is 10.2 Å². The molecule has 0 aliphatic rings. The lowest BCUT2D eigenvalue weighted by molar-refractivity contribution is 0.300. The molecule has 1 heterocycles. The Bertz CT molecular complexity index is 1160. The number of anilines is 1. The number of benzene rings is 3. The zero-order valence-electron chi connectivity index (χ0n) is 15.8. The van der Waals surface area contributed by atoms with E-state index < -0.39 is 0 Å². The van der Waals surface area contributed by atoms with Crippen LogP contribution in [-0.4, -0.2) is 11.2 Å². The number of thiazole rings is 1. The van der Waals surface area contributed by atoms with Gasteiger partial charge in [0.1, 0.15) is 18.2 Å². The van der Waals surface area contributed by atoms with Crippen molar-refractivity contribution in [3.63, 3.8) is 0 Å². The van der Waals surface area contributed by atoms with Crippen LogP contribution in [0.25, 0.3) is 11.3 Å². The Balaban J connectivity index is 1.36. The Hall–Kier alpha value is -3.22. The van der Waals surface area contributed by atoms with E-state index in [-0.39, 0.29) is 12.4 Å². The molecule has 0 saturated carbocycles. The fourth-order valence-electron chi connectivity index (χ4n) is 2.71. The quantitative estimate of drug-likeness (QED) is 0.261. The van der Waals surface area contributed by atoms with E-state index in [1.165, 1.54) is 17.4 Å². The first-order chi connectivity index (χ1) is 14.7. The first kappa shape index (κ1) is 20.1. The molecule has 0 unspecified atom stereocenters. The topological polar surface area (TPSA) is 46.5 Å². The van der Waals surface area contributed by atoms with Gasteiger partial charge in [-0.2, -0.15) is 5.10 Å². The predicted octanol–water partition coefficient (Wildman–Crippen LogP) is 6.63. The lowest BCUT2D eigenvalue weighted by atomic mass is 10.2. The number of nitrogens with one attached hydrogen (secondary N) is 1. The highest BCUT2D eigenvalue weighted by Crippen LogP contribution is 2.24. The number of aromatic nitrogens is 1. The lowest BCUT2D eigenvalue weighted by Gasteiger charge is -2.08. The van der Waals surface area contributed by atoms with Gasteiger partial charge in [-0.1, -0.05) is 60.1 Å². The van der Waals surface area contributed by atoms with Gasteiger partial charge in [0.25, 0.3) is 0 Å². The van der Waals surface area contributed by atoms with Crippen molar-refractivity contribution in [1.82, 2.24) is 4.98 Å². The van der Waals surface area contributed by atoms with Crippen LogP contribution in [0.3, 0.4) is 0 Å². The number of hydrogen-bond acceptors (Lipinski definition) is 5. The minimum absolute atomic E-state index is 0.114. The summed E-state index contributed by atoms with van der Waals surface area (Å²) in [5, 5.41) is 7.29. The van der Waals surface area contributed by atoms with E-state index in [0.717, 1.165) is 16.8 Å². The second kappa shape index (κ2) is 9.52. The van der Waals surface area contributed by atoms with Gasteiger partial charge in [-0.3, -0.25) is 5.43 Å². The van der Waals surface area contributed by atoms with Crippen LogP contribution in [0.5, 0.6) is 5.75 Å². The van der Waals surface area contributed by atoms with Gasteiger partial charge in [-0.15, -0.1) is 11.3 Å². The lowest BCUT2D eigenvalue weighted by Crippen LogP contribution is -1.99. The van der Waals surface area contributed by atoms with E-state index in [0.29, 0.717) is 21.5 Å². The average Bonchev–Trinajstić information content (AvgIpc) is 3.23. The van der Waals surface area contributed by atoms with Gasteiger partial charge in [-0.05, 0) is 29.8 Å². The molecular formula is C23H17ClFN3OS. The normalized spacial score (nSPS) is 11.0. The highest BCUT2D eigenvalue weighted by atomic mass is 35.5. The Morgan fingerprint density at radius 2 is 1.93 bits per heavy atom. The number of hydrazone groups is 1. The highest BCUT2D eigenvalue weighted by Gasteiger charge is 2.05. The van der Waals surface area contributed by atoms with E-state index in [1.54, 1.807) is 18.3 Å². The molecule has 0 spiro atoms. The van der Waals surface area contributed by atoms with Crippen molar-refractivity contribution in [1.29, 1.82) is 0 Å². The second-order valence-corrected chi connectivity index (χ2v) is 7.67. The summed E-state index contributed by atoms with van der Waals surface area (Å²) in [6.07, 6.45) is 1.68. The summed E-state index contributed by atoms with van der Waals surface area (Å²) in [5.41, 5.74) is 6.20. The zero-order valence-corrected chi connectivity index (χ0v) is 17.3. The van der Waals surface area contributed by atoms with Crippen molar-refractivity contribution in [2.24, 2.45) is 5.10 Å². The number of nitrogens with zero attached hydrogens (tertiary/aromatic N) is 2. The van der Waals surface area contributed by atoms with Crippen molar-refractivity contribution in [2.75, 3.05) is 5.43 Å². The molecule has 0 bridgehead atoms. The van der Waals surface area contributed by atoms with Crippen LogP contribution in [0.2, 0.25) is 5.02 Å². The van der Waals surface area contributed by atoms with Gasteiger partial charge in [0.15, 0.2) is 0 Å². The average molecular weight is 438 g/mol. The Kier molecular flexibility index (Phi) is 6.37. The van der Waals surface area contributed by atoms with Gasteiger partial charge in [-0.25, -0.2) is 9.37 Å². The monoisotopic (exact) mass is 437 g/mol. The second-order valence-electron chi connectivity index (χ2n) is 6.37. The van der Waals surface area contributed by atoms with Crippen molar-refractivity contribution < 1.29 is 9.13 Å². The van der Waals surface area contributed by atoms with Crippen molar-refractivity contribution >= 4 is 34.3 Å². The minimum Gasteiger partial charge on any atom is -0.489 e. The maximum Gasteiger partial charge on any atom is 0.203 e. The molecule has 0 fully saturated rings. The Morgan fingerprint density at radius 3 is 2.77 bits per heavy atom. The zero-order chi connectivity index (χ0) is 20.8. The predicted molar refractivity (Wildman–Crippen MR) is 121 cm³/mol. The third kappa shape index (κ3) is 5.23. The van der Waals surface area contributed by atoms with E-state index in [9.17, 15) is 4.39 Å². The molecule has 0 amide bonds. The third-order valence-corrected chi connectivity index (χ3v) is 5.20. The van der Waals surface area contributed by atoms with Crippen LogP contribution in [-0.2, 0) is 6.61 Å². The molecule has 0 radical (unpaired) electrons. The van der Waals surface area contributed by atoms with Gasteiger partial charge < -0.3 is 4.74 Å². The van der Waals surface area contributed by atoms with Crippen LogP contribution in [0, 0.1) is 5.82 Å². The molecule has 3 aromatic carbocycles. The Morgan fingerprint density at radius 1 is 1.07 bits per heavy atom. The van der Waals surface area contributed by atoms with Gasteiger partial charge in [0, 0.05) is 21.5 Å². The molecule has 4 aromatic rings. The molecule has 1 N–H and O–H groups in total. The SMILES string of the molecule is Fc1cc(Cl)ccc1COc1cccc(C=NNc2nc(-c3ccccc3)cs2)c1. The van der Waals surface area contributed by atoms with E-state index in [4.69, 9.17) is 16.3 Å². The van der Waals surface area contributed by atoms with Crippen molar-refractivity contribution in [3.05, 3.63) is 100 Å². The molecule has 0 aliphatic carbocycles. The third-order valence-electron chi connectivity index (χ3n) is 4.22. The molecule has 0 saturated heterocycles. The molecule has 0 aliphatic heterocycles. The van der Waals surface area contributed by atoms with Crippen LogP contribution in [0.15, 0.2) is 83.3 Å². The fourth-order valence-corrected chi connectivity index (χ4v) is 3.54. The summed E-state index contributed by atoms with van der Waals surface area (Å²) in [6, 6.07) is 21.9. The highest BCUT2D eigenvalue weighted by molar-refractivity contribution is 7.14. The standard InChI is InChI=1S/C23H17ClFN3OS/c24-19-10-9-18(21(25)12-19)14-29-20-8-4-5-16(11-20)13-26-28-23-27-22(15-30-23)17-6-2-1-3-7-17/h1-13,15H,14H2,(H,27,28).